The fourth-order valence-corrected chi connectivity index (χ4v) is 2.65. The van der Waals surface area contributed by atoms with Crippen molar-refractivity contribution in [1.82, 2.24) is 9.78 Å². The summed E-state index contributed by atoms with van der Waals surface area (Å²) in [7, 11) is 0. The largest absolute Gasteiger partial charge is 0.481 e. The molecule has 0 aliphatic carbocycles. The van der Waals surface area contributed by atoms with Crippen LogP contribution in [-0.4, -0.2) is 26.6 Å². The standard InChI is InChI=1S/C14H16N2O2S/c1-10-4-3-5-12(6-10)8-16-13(7-11(2)15-16)19-9-14(17)18/h3-7H,8-9H2,1-2H3,(H,17,18). The average molecular weight is 276 g/mol. The highest BCUT2D eigenvalue weighted by Gasteiger charge is 2.09. The van der Waals surface area contributed by atoms with Gasteiger partial charge >= 0.3 is 5.97 Å². The van der Waals surface area contributed by atoms with Crippen LogP contribution in [-0.2, 0) is 11.3 Å². The van der Waals surface area contributed by atoms with Crippen molar-refractivity contribution in [3.8, 4) is 0 Å². The average Bonchev–Trinajstić information content (AvgIpc) is 2.67. The van der Waals surface area contributed by atoms with E-state index in [4.69, 9.17) is 5.11 Å². The van der Waals surface area contributed by atoms with Gasteiger partial charge in [0, 0.05) is 0 Å². The fourth-order valence-electron chi connectivity index (χ4n) is 1.87. The molecule has 0 aliphatic rings. The molecule has 2 rings (SSSR count). The van der Waals surface area contributed by atoms with Crippen LogP contribution >= 0.6 is 11.8 Å². The van der Waals surface area contributed by atoms with Gasteiger partial charge in [0.2, 0.25) is 0 Å². The first-order chi connectivity index (χ1) is 9.04. The van der Waals surface area contributed by atoms with Crippen LogP contribution in [0.2, 0.25) is 0 Å². The van der Waals surface area contributed by atoms with Gasteiger partial charge in [0.1, 0.15) is 0 Å². The van der Waals surface area contributed by atoms with E-state index in [9.17, 15) is 4.79 Å². The Bertz CT molecular complexity index is 593. The summed E-state index contributed by atoms with van der Waals surface area (Å²) in [6, 6.07) is 10.2. The Hall–Kier alpha value is -1.75. The number of hydrogen-bond acceptors (Lipinski definition) is 3. The maximum Gasteiger partial charge on any atom is 0.313 e. The van der Waals surface area contributed by atoms with E-state index in [0.29, 0.717) is 6.54 Å². The van der Waals surface area contributed by atoms with E-state index in [1.807, 2.05) is 23.7 Å². The van der Waals surface area contributed by atoms with Crippen molar-refractivity contribution < 1.29 is 9.90 Å². The second-order valence-electron chi connectivity index (χ2n) is 4.45. The normalized spacial score (nSPS) is 10.6. The zero-order valence-corrected chi connectivity index (χ0v) is 11.8. The zero-order valence-electron chi connectivity index (χ0n) is 11.0. The third-order valence-electron chi connectivity index (χ3n) is 2.62. The molecule has 0 saturated carbocycles. The van der Waals surface area contributed by atoms with Crippen molar-refractivity contribution in [3.05, 3.63) is 47.2 Å². The molecule has 0 radical (unpaired) electrons. The first kappa shape index (κ1) is 13.7. The maximum absolute atomic E-state index is 10.6. The third-order valence-corrected chi connectivity index (χ3v) is 3.64. The number of nitrogens with zero attached hydrogens (tertiary/aromatic N) is 2. The fraction of sp³-hybridized carbons (Fsp3) is 0.286. The lowest BCUT2D eigenvalue weighted by Crippen LogP contribution is -2.05. The molecule has 19 heavy (non-hydrogen) atoms. The van der Waals surface area contributed by atoms with E-state index in [2.05, 4.69) is 30.2 Å². The molecular formula is C14H16N2O2S. The highest BCUT2D eigenvalue weighted by Crippen LogP contribution is 2.20. The summed E-state index contributed by atoms with van der Waals surface area (Å²) in [5.41, 5.74) is 3.28. The number of thioether (sulfide) groups is 1. The Balaban J connectivity index is 2.17. The molecule has 0 atom stereocenters. The van der Waals surface area contributed by atoms with E-state index in [1.54, 1.807) is 0 Å². The molecule has 0 aliphatic heterocycles. The van der Waals surface area contributed by atoms with Crippen LogP contribution in [0.25, 0.3) is 0 Å². The summed E-state index contributed by atoms with van der Waals surface area (Å²) in [5.74, 6) is -0.759. The van der Waals surface area contributed by atoms with Crippen LogP contribution in [0, 0.1) is 13.8 Å². The molecule has 0 fully saturated rings. The van der Waals surface area contributed by atoms with Gasteiger partial charge in [-0.25, -0.2) is 0 Å². The number of hydrogen-bond donors (Lipinski definition) is 1. The van der Waals surface area contributed by atoms with Gasteiger partial charge in [0.05, 0.1) is 23.0 Å². The minimum atomic E-state index is -0.814. The lowest BCUT2D eigenvalue weighted by Gasteiger charge is -2.07. The van der Waals surface area contributed by atoms with Gasteiger partial charge in [-0.15, -0.1) is 0 Å². The molecule has 2 aromatic rings. The number of rotatable bonds is 5. The lowest BCUT2D eigenvalue weighted by molar-refractivity contribution is -0.133. The van der Waals surface area contributed by atoms with Gasteiger partial charge in [-0.2, -0.15) is 5.10 Å². The molecule has 0 amide bonds. The first-order valence-corrected chi connectivity index (χ1v) is 6.98. The minimum Gasteiger partial charge on any atom is -0.481 e. The van der Waals surface area contributed by atoms with E-state index >= 15 is 0 Å². The van der Waals surface area contributed by atoms with E-state index in [-0.39, 0.29) is 5.75 Å². The summed E-state index contributed by atoms with van der Waals surface area (Å²) in [6.45, 7) is 4.63. The number of carboxylic acid groups (broad SMARTS) is 1. The van der Waals surface area contributed by atoms with Crippen LogP contribution in [0.15, 0.2) is 35.4 Å². The molecule has 0 unspecified atom stereocenters. The second-order valence-corrected chi connectivity index (χ2v) is 5.45. The molecule has 1 aromatic carbocycles. The number of aryl methyl sites for hydroxylation is 2. The van der Waals surface area contributed by atoms with E-state index in [0.717, 1.165) is 10.7 Å². The number of benzene rings is 1. The number of carbonyl (C=O) groups is 1. The smallest absolute Gasteiger partial charge is 0.313 e. The monoisotopic (exact) mass is 276 g/mol. The van der Waals surface area contributed by atoms with E-state index < -0.39 is 5.97 Å². The summed E-state index contributed by atoms with van der Waals surface area (Å²) in [4.78, 5) is 10.6. The Kier molecular flexibility index (Phi) is 4.27. The molecule has 1 aromatic heterocycles. The topological polar surface area (TPSA) is 55.1 Å². The van der Waals surface area contributed by atoms with Crippen molar-refractivity contribution >= 4 is 17.7 Å². The van der Waals surface area contributed by atoms with Crippen molar-refractivity contribution in [2.45, 2.75) is 25.4 Å². The quantitative estimate of drug-likeness (QED) is 0.853. The number of carboxylic acids is 1. The van der Waals surface area contributed by atoms with Crippen molar-refractivity contribution in [1.29, 1.82) is 0 Å². The minimum absolute atomic E-state index is 0.0545. The molecular weight excluding hydrogens is 260 g/mol. The third kappa shape index (κ3) is 3.86. The van der Waals surface area contributed by atoms with Crippen molar-refractivity contribution in [2.24, 2.45) is 0 Å². The van der Waals surface area contributed by atoms with Crippen LogP contribution < -0.4 is 0 Å². The first-order valence-electron chi connectivity index (χ1n) is 5.99. The van der Waals surface area contributed by atoms with Crippen LogP contribution in [0.4, 0.5) is 0 Å². The Morgan fingerprint density at radius 2 is 2.16 bits per heavy atom. The number of aliphatic carboxylic acids is 1. The zero-order chi connectivity index (χ0) is 13.8. The predicted molar refractivity (Wildman–Crippen MR) is 75.6 cm³/mol. The summed E-state index contributed by atoms with van der Waals surface area (Å²) in [5, 5.41) is 14.1. The second kappa shape index (κ2) is 5.93. The molecule has 5 heteroatoms. The maximum atomic E-state index is 10.6. The van der Waals surface area contributed by atoms with Gasteiger partial charge in [-0.1, -0.05) is 41.6 Å². The SMILES string of the molecule is Cc1cccc(Cn2nc(C)cc2SCC(=O)O)c1. The molecule has 0 bridgehead atoms. The molecule has 0 spiro atoms. The van der Waals surface area contributed by atoms with Crippen LogP contribution in [0.1, 0.15) is 16.8 Å². The number of aromatic nitrogens is 2. The van der Waals surface area contributed by atoms with Gasteiger partial charge < -0.3 is 5.11 Å². The Labute approximate surface area is 116 Å². The summed E-state index contributed by atoms with van der Waals surface area (Å²) >= 11 is 1.30. The van der Waals surface area contributed by atoms with Crippen molar-refractivity contribution in [2.75, 3.05) is 5.75 Å². The van der Waals surface area contributed by atoms with Crippen LogP contribution in [0.5, 0.6) is 0 Å². The molecule has 1 N–H and O–H groups in total. The Morgan fingerprint density at radius 3 is 2.84 bits per heavy atom. The highest BCUT2D eigenvalue weighted by atomic mass is 32.2. The van der Waals surface area contributed by atoms with Crippen LogP contribution in [0.3, 0.4) is 0 Å². The van der Waals surface area contributed by atoms with E-state index in [1.165, 1.54) is 22.9 Å². The molecule has 4 nitrogen and oxygen atoms in total. The molecule has 0 saturated heterocycles. The molecule has 1 heterocycles. The summed E-state index contributed by atoms with van der Waals surface area (Å²) < 4.78 is 1.86. The lowest BCUT2D eigenvalue weighted by atomic mass is 10.1. The highest BCUT2D eigenvalue weighted by molar-refractivity contribution is 7.99. The van der Waals surface area contributed by atoms with Gasteiger partial charge in [0.25, 0.3) is 0 Å². The Morgan fingerprint density at radius 1 is 1.37 bits per heavy atom. The predicted octanol–water partition coefficient (Wildman–Crippen LogP) is 2.72. The van der Waals surface area contributed by atoms with Gasteiger partial charge in [0.15, 0.2) is 0 Å². The van der Waals surface area contributed by atoms with Crippen molar-refractivity contribution in [3.63, 3.8) is 0 Å². The van der Waals surface area contributed by atoms with Gasteiger partial charge in [-0.05, 0) is 25.5 Å². The molecule has 100 valence electrons. The van der Waals surface area contributed by atoms with Gasteiger partial charge in [-0.3, -0.25) is 9.48 Å². The summed E-state index contributed by atoms with van der Waals surface area (Å²) in [6.07, 6.45) is 0.